The Labute approximate surface area is 85.7 Å². The van der Waals surface area contributed by atoms with Crippen molar-refractivity contribution in [3.8, 4) is 0 Å². The molecule has 1 aromatic rings. The fourth-order valence-electron chi connectivity index (χ4n) is 1.44. The van der Waals surface area contributed by atoms with Crippen LogP contribution in [0.5, 0.6) is 0 Å². The van der Waals surface area contributed by atoms with Crippen LogP contribution in [0.2, 0.25) is 0 Å². The number of halogens is 1. The number of benzene rings is 1. The highest BCUT2D eigenvalue weighted by molar-refractivity contribution is 6.21. The average Bonchev–Trinajstić information content (AvgIpc) is 2.44. The topological polar surface area (TPSA) is 49.4 Å². The summed E-state index contributed by atoms with van der Waals surface area (Å²) >= 11 is 0. The minimum atomic E-state index is -0.525. The lowest BCUT2D eigenvalue weighted by Crippen LogP contribution is -2.30. The summed E-state index contributed by atoms with van der Waals surface area (Å²) in [5, 5.41) is 2.47. The van der Waals surface area contributed by atoms with E-state index in [1.807, 2.05) is 0 Å². The van der Waals surface area contributed by atoms with Crippen molar-refractivity contribution in [2.24, 2.45) is 0 Å². The second-order valence-corrected chi connectivity index (χ2v) is 3.32. The molecule has 1 saturated heterocycles. The van der Waals surface area contributed by atoms with Crippen LogP contribution >= 0.6 is 0 Å². The molecule has 15 heavy (non-hydrogen) atoms. The molecule has 0 unspecified atom stereocenters. The number of imide groups is 1. The lowest BCUT2D eigenvalue weighted by atomic mass is 10.2. The Morgan fingerprint density at radius 3 is 2.33 bits per heavy atom. The third-order valence-corrected chi connectivity index (χ3v) is 2.22. The van der Waals surface area contributed by atoms with Gasteiger partial charge in [-0.05, 0) is 31.2 Å². The molecule has 5 heteroatoms. The van der Waals surface area contributed by atoms with Gasteiger partial charge in [0.25, 0.3) is 5.91 Å². The summed E-state index contributed by atoms with van der Waals surface area (Å²) in [5.41, 5.74) is 0.378. The maximum atomic E-state index is 12.6. The van der Waals surface area contributed by atoms with Gasteiger partial charge in [-0.15, -0.1) is 0 Å². The highest BCUT2D eigenvalue weighted by Crippen LogP contribution is 2.19. The van der Waals surface area contributed by atoms with Crippen LogP contribution in [0.3, 0.4) is 0 Å². The molecule has 1 atom stereocenters. The Balaban J connectivity index is 2.35. The van der Waals surface area contributed by atoms with Gasteiger partial charge in [-0.3, -0.25) is 4.79 Å². The van der Waals surface area contributed by atoms with Gasteiger partial charge in [0.2, 0.25) is 0 Å². The van der Waals surface area contributed by atoms with Gasteiger partial charge >= 0.3 is 6.03 Å². The Bertz CT molecular complexity index is 416. The fourth-order valence-corrected chi connectivity index (χ4v) is 1.44. The SMILES string of the molecule is C[C@H]1NC(=O)N(c2ccc(F)cc2)C1=O. The first-order chi connectivity index (χ1) is 7.09. The lowest BCUT2D eigenvalue weighted by Gasteiger charge is -2.11. The van der Waals surface area contributed by atoms with E-state index in [1.54, 1.807) is 6.92 Å². The molecule has 0 saturated carbocycles. The van der Waals surface area contributed by atoms with E-state index in [0.29, 0.717) is 5.69 Å². The van der Waals surface area contributed by atoms with E-state index < -0.39 is 17.9 Å². The van der Waals surface area contributed by atoms with Crippen molar-refractivity contribution in [3.63, 3.8) is 0 Å². The summed E-state index contributed by atoms with van der Waals surface area (Å²) in [6.07, 6.45) is 0. The average molecular weight is 208 g/mol. The Kier molecular flexibility index (Phi) is 2.15. The monoisotopic (exact) mass is 208 g/mol. The van der Waals surface area contributed by atoms with E-state index in [0.717, 1.165) is 4.90 Å². The number of rotatable bonds is 1. The van der Waals surface area contributed by atoms with Crippen molar-refractivity contribution in [2.45, 2.75) is 13.0 Å². The predicted molar refractivity (Wildman–Crippen MR) is 51.9 cm³/mol. The van der Waals surface area contributed by atoms with Gasteiger partial charge in [0.05, 0.1) is 5.69 Å². The van der Waals surface area contributed by atoms with Gasteiger partial charge in [-0.25, -0.2) is 14.1 Å². The first-order valence-corrected chi connectivity index (χ1v) is 4.49. The zero-order valence-electron chi connectivity index (χ0n) is 8.03. The molecule has 1 N–H and O–H groups in total. The zero-order valence-corrected chi connectivity index (χ0v) is 8.03. The molecule has 0 radical (unpaired) electrons. The fraction of sp³-hybridized carbons (Fsp3) is 0.200. The van der Waals surface area contributed by atoms with Crippen LogP contribution in [0.4, 0.5) is 14.9 Å². The summed E-state index contributed by atoms with van der Waals surface area (Å²) < 4.78 is 12.6. The summed E-state index contributed by atoms with van der Waals surface area (Å²) in [4.78, 5) is 23.9. The van der Waals surface area contributed by atoms with Crippen molar-refractivity contribution >= 4 is 17.6 Å². The molecule has 0 aromatic heterocycles. The molecule has 1 fully saturated rings. The molecule has 78 valence electrons. The molecule has 3 amide bonds. The summed E-state index contributed by atoms with van der Waals surface area (Å²) in [6, 6.07) is 4.20. The van der Waals surface area contributed by atoms with E-state index >= 15 is 0 Å². The largest absolute Gasteiger partial charge is 0.329 e. The number of hydrogen-bond acceptors (Lipinski definition) is 2. The van der Waals surface area contributed by atoms with E-state index in [9.17, 15) is 14.0 Å². The molecule has 1 aromatic carbocycles. The Morgan fingerprint density at radius 1 is 1.27 bits per heavy atom. The molecule has 2 rings (SSSR count). The summed E-state index contributed by atoms with van der Waals surface area (Å²) in [7, 11) is 0. The van der Waals surface area contributed by atoms with Crippen LogP contribution < -0.4 is 10.2 Å². The highest BCUT2D eigenvalue weighted by Gasteiger charge is 2.35. The molecule has 1 aliphatic heterocycles. The minimum absolute atomic E-state index is 0.327. The third kappa shape index (κ3) is 1.56. The number of nitrogens with zero attached hydrogens (tertiary/aromatic N) is 1. The smallest absolute Gasteiger partial charge is 0.326 e. The molecule has 1 aliphatic rings. The molecular formula is C10H9FN2O2. The van der Waals surface area contributed by atoms with Gasteiger partial charge in [0, 0.05) is 0 Å². The van der Waals surface area contributed by atoms with Gasteiger partial charge in [0.1, 0.15) is 11.9 Å². The molecular weight excluding hydrogens is 199 g/mol. The van der Waals surface area contributed by atoms with E-state index in [1.165, 1.54) is 24.3 Å². The van der Waals surface area contributed by atoms with Crippen molar-refractivity contribution in [1.29, 1.82) is 0 Å². The number of amides is 3. The quantitative estimate of drug-likeness (QED) is 0.706. The number of carbonyl (C=O) groups excluding carboxylic acids is 2. The number of carbonyl (C=O) groups is 2. The second kappa shape index (κ2) is 3.34. The highest BCUT2D eigenvalue weighted by atomic mass is 19.1. The predicted octanol–water partition coefficient (Wildman–Crippen LogP) is 1.27. The Hall–Kier alpha value is -1.91. The van der Waals surface area contributed by atoms with Gasteiger partial charge < -0.3 is 5.32 Å². The molecule has 1 heterocycles. The third-order valence-electron chi connectivity index (χ3n) is 2.22. The van der Waals surface area contributed by atoms with Crippen LogP contribution in [0.1, 0.15) is 6.92 Å². The normalized spacial score (nSPS) is 20.7. The van der Waals surface area contributed by atoms with Crippen LogP contribution in [-0.2, 0) is 4.79 Å². The minimum Gasteiger partial charge on any atom is -0.326 e. The second-order valence-electron chi connectivity index (χ2n) is 3.32. The molecule has 0 spiro atoms. The first-order valence-electron chi connectivity index (χ1n) is 4.49. The lowest BCUT2D eigenvalue weighted by molar-refractivity contribution is -0.117. The summed E-state index contributed by atoms with van der Waals surface area (Å²) in [5.74, 6) is -0.731. The van der Waals surface area contributed by atoms with Crippen molar-refractivity contribution in [1.82, 2.24) is 5.32 Å². The standard InChI is InChI=1S/C10H9FN2O2/c1-6-9(14)13(10(15)12-6)8-4-2-7(11)3-5-8/h2-6H,1H3,(H,12,15)/t6-/m1/s1. The van der Waals surface area contributed by atoms with Crippen LogP contribution in [0.25, 0.3) is 0 Å². The maximum Gasteiger partial charge on any atom is 0.329 e. The first kappa shape index (κ1) is 9.64. The number of anilines is 1. The van der Waals surface area contributed by atoms with Crippen molar-refractivity contribution in [2.75, 3.05) is 4.90 Å². The molecule has 4 nitrogen and oxygen atoms in total. The van der Waals surface area contributed by atoms with Crippen LogP contribution in [-0.4, -0.2) is 18.0 Å². The van der Waals surface area contributed by atoms with E-state index in [2.05, 4.69) is 5.32 Å². The van der Waals surface area contributed by atoms with E-state index in [4.69, 9.17) is 0 Å². The van der Waals surface area contributed by atoms with Gasteiger partial charge in [0.15, 0.2) is 0 Å². The summed E-state index contributed by atoms with van der Waals surface area (Å²) in [6.45, 7) is 1.60. The van der Waals surface area contributed by atoms with Crippen LogP contribution in [0.15, 0.2) is 24.3 Å². The van der Waals surface area contributed by atoms with Gasteiger partial charge in [-0.2, -0.15) is 0 Å². The number of hydrogen-bond donors (Lipinski definition) is 1. The maximum absolute atomic E-state index is 12.6. The molecule has 0 aliphatic carbocycles. The van der Waals surface area contributed by atoms with Gasteiger partial charge in [-0.1, -0.05) is 0 Å². The molecule has 0 bridgehead atoms. The van der Waals surface area contributed by atoms with Crippen molar-refractivity contribution in [3.05, 3.63) is 30.1 Å². The number of nitrogens with one attached hydrogen (secondary N) is 1. The van der Waals surface area contributed by atoms with E-state index in [-0.39, 0.29) is 5.91 Å². The zero-order chi connectivity index (χ0) is 11.0. The Morgan fingerprint density at radius 2 is 1.87 bits per heavy atom. The van der Waals surface area contributed by atoms with Crippen LogP contribution in [0, 0.1) is 5.82 Å². The number of urea groups is 1. The van der Waals surface area contributed by atoms with Crippen molar-refractivity contribution < 1.29 is 14.0 Å².